The average Bonchev–Trinajstić information content (AvgIpc) is 2.19. The fourth-order valence-corrected chi connectivity index (χ4v) is 1.94. The van der Waals surface area contributed by atoms with Crippen LogP contribution >= 0.6 is 28.1 Å². The Labute approximate surface area is 104 Å². The molecule has 0 saturated carbocycles. The Hall–Kier alpha value is -0.450. The average molecular weight is 299 g/mol. The van der Waals surface area contributed by atoms with Crippen LogP contribution in [0.15, 0.2) is 24.3 Å². The molecule has 0 bridgehead atoms. The van der Waals surface area contributed by atoms with Crippen molar-refractivity contribution in [3.8, 4) is 0 Å². The Morgan fingerprint density at radius 2 is 1.59 bits per heavy atom. The molecule has 0 amide bonds. The molecule has 2 N–H and O–H groups in total. The fourth-order valence-electron chi connectivity index (χ4n) is 1.11. The monoisotopic (exact) mass is 298 g/mol. The van der Waals surface area contributed by atoms with E-state index in [0.29, 0.717) is 10.6 Å². The highest BCUT2D eigenvalue weighted by molar-refractivity contribution is 7.32. The van der Waals surface area contributed by atoms with Gasteiger partial charge in [-0.25, -0.2) is 0 Å². The summed E-state index contributed by atoms with van der Waals surface area (Å²) >= 11 is 5.68. The van der Waals surface area contributed by atoms with E-state index in [1.165, 1.54) is 0 Å². The van der Waals surface area contributed by atoms with Gasteiger partial charge >= 0.3 is 16.5 Å². The van der Waals surface area contributed by atoms with Gasteiger partial charge in [-0.2, -0.15) is 0 Å². The summed E-state index contributed by atoms with van der Waals surface area (Å²) in [6.45, 7) is 0. The number of halogens is 1. The van der Waals surface area contributed by atoms with Crippen molar-refractivity contribution in [2.24, 2.45) is 0 Å². The smallest absolute Gasteiger partial charge is 0.133 e. The second kappa shape index (κ2) is 7.09. The molecule has 0 saturated heterocycles. The molecule has 17 heavy (non-hydrogen) atoms. The third kappa shape index (κ3) is 6.15. The first-order valence-electron chi connectivity index (χ1n) is 4.37. The Balaban J connectivity index is 2.67. The molecule has 1 rings (SSSR count). The third-order valence-electron chi connectivity index (χ3n) is 1.73. The van der Waals surface area contributed by atoms with Crippen molar-refractivity contribution in [2.75, 3.05) is 0 Å². The van der Waals surface area contributed by atoms with Crippen molar-refractivity contribution in [1.29, 1.82) is 0 Å². The summed E-state index contributed by atoms with van der Waals surface area (Å²) in [7, 11) is -5.83. The third-order valence-corrected chi connectivity index (χ3v) is 2.81. The van der Waals surface area contributed by atoms with Crippen molar-refractivity contribution < 1.29 is 28.0 Å². The molecule has 0 aliphatic carbocycles. The minimum Gasteiger partial charge on any atom is -0.133 e. The van der Waals surface area contributed by atoms with Crippen LogP contribution in [0, 0.1) is 0 Å². The number of hydrogen-bond donors (Lipinski definition) is 2. The van der Waals surface area contributed by atoms with Gasteiger partial charge in [-0.15, -0.1) is 9.79 Å². The molecular formula is C8H9ClO6P2+2. The predicted molar refractivity (Wildman–Crippen MR) is 60.8 cm³/mol. The summed E-state index contributed by atoms with van der Waals surface area (Å²) in [5.74, 6) is 0. The van der Waals surface area contributed by atoms with E-state index in [9.17, 15) is 9.13 Å². The molecule has 1 aromatic rings. The molecular weight excluding hydrogens is 289 g/mol. The van der Waals surface area contributed by atoms with Crippen LogP contribution in [0.3, 0.4) is 0 Å². The fraction of sp³-hybridized carbons (Fsp3) is 0.250. The second-order valence-corrected chi connectivity index (χ2v) is 4.76. The second-order valence-electron chi connectivity index (χ2n) is 2.95. The molecule has 9 heteroatoms. The van der Waals surface area contributed by atoms with Gasteiger partial charge in [-0.05, 0) is 17.7 Å². The minimum absolute atomic E-state index is 0.0560. The lowest BCUT2D eigenvalue weighted by Crippen LogP contribution is -2.13. The minimum atomic E-state index is -2.91. The van der Waals surface area contributed by atoms with E-state index >= 15 is 0 Å². The number of rotatable bonds is 6. The Bertz CT molecular complexity index is 393. The first-order valence-corrected chi connectivity index (χ1v) is 7.01. The van der Waals surface area contributed by atoms with Gasteiger partial charge in [0.05, 0.1) is 0 Å². The van der Waals surface area contributed by atoms with E-state index in [0.717, 1.165) is 0 Å². The highest BCUT2D eigenvalue weighted by Gasteiger charge is 2.32. The Morgan fingerprint density at radius 1 is 1.12 bits per heavy atom. The van der Waals surface area contributed by atoms with Crippen LogP contribution in [-0.4, -0.2) is 16.1 Å². The highest BCUT2D eigenvalue weighted by Crippen LogP contribution is 2.28. The van der Waals surface area contributed by atoms with Crippen molar-refractivity contribution in [1.82, 2.24) is 0 Å². The SMILES string of the molecule is O=[P+](O)OC(Cc1ccc(Cl)cc1)O[P+](=O)O. The lowest BCUT2D eigenvalue weighted by atomic mass is 10.1. The van der Waals surface area contributed by atoms with E-state index in [4.69, 9.17) is 21.4 Å². The zero-order chi connectivity index (χ0) is 12.8. The van der Waals surface area contributed by atoms with Crippen LogP contribution in [0.4, 0.5) is 0 Å². The van der Waals surface area contributed by atoms with Crippen LogP contribution in [0.1, 0.15) is 5.56 Å². The first-order chi connectivity index (χ1) is 7.97. The molecule has 2 atom stereocenters. The zero-order valence-electron chi connectivity index (χ0n) is 8.39. The van der Waals surface area contributed by atoms with Gasteiger partial charge in [-0.3, -0.25) is 0 Å². The molecule has 1 aromatic carbocycles. The molecule has 6 nitrogen and oxygen atoms in total. The maximum atomic E-state index is 10.5. The maximum Gasteiger partial charge on any atom is 0.697 e. The van der Waals surface area contributed by atoms with Gasteiger partial charge in [0.25, 0.3) is 6.29 Å². The van der Waals surface area contributed by atoms with Crippen molar-refractivity contribution in [3.05, 3.63) is 34.9 Å². The molecule has 2 unspecified atom stereocenters. The van der Waals surface area contributed by atoms with E-state index in [2.05, 4.69) is 9.05 Å². The first kappa shape index (κ1) is 14.6. The predicted octanol–water partition coefficient (Wildman–Crippen LogP) is 2.54. The van der Waals surface area contributed by atoms with E-state index < -0.39 is 22.8 Å². The van der Waals surface area contributed by atoms with E-state index in [1.54, 1.807) is 24.3 Å². The molecule has 0 aliphatic rings. The van der Waals surface area contributed by atoms with Gasteiger partial charge < -0.3 is 0 Å². The highest BCUT2D eigenvalue weighted by atomic mass is 35.5. The van der Waals surface area contributed by atoms with Gasteiger partial charge in [0, 0.05) is 20.6 Å². The van der Waals surface area contributed by atoms with E-state index in [1.807, 2.05) is 0 Å². The number of hydrogen-bond acceptors (Lipinski definition) is 4. The topological polar surface area (TPSA) is 93.1 Å². The summed E-state index contributed by atoms with van der Waals surface area (Å²) in [6.07, 6.45) is -1.21. The van der Waals surface area contributed by atoms with Crippen molar-refractivity contribution in [2.45, 2.75) is 12.7 Å². The van der Waals surface area contributed by atoms with Gasteiger partial charge in [0.15, 0.2) is 0 Å². The van der Waals surface area contributed by atoms with Crippen LogP contribution in [-0.2, 0) is 24.6 Å². The number of benzene rings is 1. The molecule has 0 spiro atoms. The molecule has 0 fully saturated rings. The van der Waals surface area contributed by atoms with Crippen LogP contribution in [0.2, 0.25) is 5.02 Å². The Kier molecular flexibility index (Phi) is 6.09. The zero-order valence-corrected chi connectivity index (χ0v) is 10.9. The Morgan fingerprint density at radius 3 is 2.00 bits per heavy atom. The van der Waals surface area contributed by atoms with Gasteiger partial charge in [0.1, 0.15) is 0 Å². The summed E-state index contributed by atoms with van der Waals surface area (Å²) in [5.41, 5.74) is 0.688. The van der Waals surface area contributed by atoms with Crippen molar-refractivity contribution >= 4 is 28.1 Å². The maximum absolute atomic E-state index is 10.5. The lowest BCUT2D eigenvalue weighted by molar-refractivity contribution is 0.00346. The molecule has 0 aliphatic heterocycles. The quantitative estimate of drug-likeness (QED) is 0.619. The van der Waals surface area contributed by atoms with Gasteiger partial charge in [-0.1, -0.05) is 32.8 Å². The van der Waals surface area contributed by atoms with E-state index in [-0.39, 0.29) is 6.42 Å². The van der Waals surface area contributed by atoms with Crippen LogP contribution in [0.25, 0.3) is 0 Å². The summed E-state index contributed by atoms with van der Waals surface area (Å²) in [4.78, 5) is 17.1. The molecule has 0 aromatic heterocycles. The summed E-state index contributed by atoms with van der Waals surface area (Å²) in [6, 6.07) is 6.53. The summed E-state index contributed by atoms with van der Waals surface area (Å²) in [5, 5.41) is 0.536. The largest absolute Gasteiger partial charge is 0.697 e. The molecule has 0 heterocycles. The lowest BCUT2D eigenvalue weighted by Gasteiger charge is -2.03. The van der Waals surface area contributed by atoms with Crippen LogP contribution in [0.5, 0.6) is 0 Å². The van der Waals surface area contributed by atoms with Crippen LogP contribution < -0.4 is 0 Å². The molecule has 92 valence electrons. The van der Waals surface area contributed by atoms with Crippen molar-refractivity contribution in [3.63, 3.8) is 0 Å². The van der Waals surface area contributed by atoms with Gasteiger partial charge in [0.2, 0.25) is 0 Å². The summed E-state index contributed by atoms with van der Waals surface area (Å²) < 4.78 is 29.9. The molecule has 0 radical (unpaired) electrons. The normalized spacial score (nSPS) is 14.3. The standard InChI is InChI=1S/C8H7ClO6P2/c9-7-3-1-6(2-4-7)5-8(14-16(10)11)15-17(12)13/h1-4,8H,5H2/p+2.